The number of hydrogen-bond acceptors (Lipinski definition) is 6. The summed E-state index contributed by atoms with van der Waals surface area (Å²) in [6.07, 6.45) is -1.26. The molecule has 0 saturated carbocycles. The number of esters is 1. The molecule has 0 saturated heterocycles. The van der Waals surface area contributed by atoms with Crippen LogP contribution in [-0.2, 0) is 16.6 Å². The standard InChI is InChI=1S/C23H23F2N3O6/c1-13-19(21(30)28(27(13)3)16-8-6-5-7-9-16)26-20(29)14(2)33-22(31)15-10-11-17(34-23(24)25)18(12-15)32-4/h5-12,14,23H,1-4H3,(H,26,29). The second kappa shape index (κ2) is 10.2. The average Bonchev–Trinajstić information content (AvgIpc) is 3.02. The molecular formula is C23H23F2N3O6. The minimum absolute atomic E-state index is 0.0413. The molecule has 11 heteroatoms. The van der Waals surface area contributed by atoms with E-state index in [1.807, 2.05) is 6.07 Å². The van der Waals surface area contributed by atoms with Crippen molar-refractivity contribution in [2.24, 2.45) is 7.05 Å². The van der Waals surface area contributed by atoms with Crippen molar-refractivity contribution in [3.63, 3.8) is 0 Å². The molecule has 0 radical (unpaired) electrons. The van der Waals surface area contributed by atoms with Gasteiger partial charge in [-0.3, -0.25) is 14.3 Å². The van der Waals surface area contributed by atoms with E-state index in [4.69, 9.17) is 9.47 Å². The van der Waals surface area contributed by atoms with E-state index < -0.39 is 30.2 Å². The number of carbonyl (C=O) groups excluding carboxylic acids is 2. The van der Waals surface area contributed by atoms with Gasteiger partial charge in [0.05, 0.1) is 24.1 Å². The van der Waals surface area contributed by atoms with E-state index in [-0.39, 0.29) is 22.7 Å². The summed E-state index contributed by atoms with van der Waals surface area (Å²) < 4.78 is 42.4. The van der Waals surface area contributed by atoms with Gasteiger partial charge in [-0.2, -0.15) is 8.78 Å². The van der Waals surface area contributed by atoms with Gasteiger partial charge in [0.2, 0.25) is 0 Å². The van der Waals surface area contributed by atoms with Gasteiger partial charge in [0.25, 0.3) is 11.5 Å². The molecule has 0 aliphatic heterocycles. The fourth-order valence-electron chi connectivity index (χ4n) is 3.21. The molecule has 3 rings (SSSR count). The Morgan fingerprint density at radius 2 is 1.74 bits per heavy atom. The van der Waals surface area contributed by atoms with Crippen LogP contribution < -0.4 is 20.3 Å². The third kappa shape index (κ3) is 5.08. The number of nitrogens with one attached hydrogen (secondary N) is 1. The maximum absolute atomic E-state index is 12.9. The number of ether oxygens (including phenoxy) is 3. The molecule has 3 aromatic rings. The fourth-order valence-corrected chi connectivity index (χ4v) is 3.21. The number of alkyl halides is 2. The summed E-state index contributed by atoms with van der Waals surface area (Å²) in [6.45, 7) is -0.0573. The van der Waals surface area contributed by atoms with Crippen LogP contribution in [0.4, 0.5) is 14.5 Å². The number of anilines is 1. The molecule has 0 fully saturated rings. The first kappa shape index (κ1) is 24.5. The van der Waals surface area contributed by atoms with E-state index in [0.29, 0.717) is 11.4 Å². The molecule has 1 heterocycles. The van der Waals surface area contributed by atoms with Gasteiger partial charge in [-0.25, -0.2) is 9.48 Å². The van der Waals surface area contributed by atoms with Crippen molar-refractivity contribution in [1.29, 1.82) is 0 Å². The van der Waals surface area contributed by atoms with Crippen LogP contribution in [0.15, 0.2) is 53.3 Å². The van der Waals surface area contributed by atoms with Crippen LogP contribution >= 0.6 is 0 Å². The molecule has 1 N–H and O–H groups in total. The molecule has 0 spiro atoms. The van der Waals surface area contributed by atoms with Gasteiger partial charge in [0, 0.05) is 7.05 Å². The third-order valence-corrected chi connectivity index (χ3v) is 5.07. The van der Waals surface area contributed by atoms with Gasteiger partial charge in [-0.15, -0.1) is 0 Å². The number of amides is 1. The van der Waals surface area contributed by atoms with E-state index >= 15 is 0 Å². The first-order valence-electron chi connectivity index (χ1n) is 10.1. The molecule has 2 aromatic carbocycles. The predicted octanol–water partition coefficient (Wildman–Crippen LogP) is 3.28. The first-order chi connectivity index (χ1) is 16.1. The van der Waals surface area contributed by atoms with Crippen molar-refractivity contribution in [3.8, 4) is 17.2 Å². The van der Waals surface area contributed by atoms with Crippen molar-refractivity contribution < 1.29 is 32.6 Å². The lowest BCUT2D eigenvalue weighted by Gasteiger charge is -2.14. The number of nitrogens with zero attached hydrogens (tertiary/aromatic N) is 2. The Balaban J connectivity index is 1.75. The zero-order chi connectivity index (χ0) is 25.0. The van der Waals surface area contributed by atoms with Crippen LogP contribution in [0.1, 0.15) is 23.0 Å². The average molecular weight is 475 g/mol. The number of benzene rings is 2. The Morgan fingerprint density at radius 3 is 2.35 bits per heavy atom. The second-order valence-corrected chi connectivity index (χ2v) is 7.22. The van der Waals surface area contributed by atoms with Gasteiger partial charge >= 0.3 is 12.6 Å². The number of aromatic nitrogens is 2. The van der Waals surface area contributed by atoms with Crippen LogP contribution in [0.3, 0.4) is 0 Å². The summed E-state index contributed by atoms with van der Waals surface area (Å²) >= 11 is 0. The van der Waals surface area contributed by atoms with E-state index in [9.17, 15) is 23.2 Å². The van der Waals surface area contributed by atoms with Crippen LogP contribution in [0.2, 0.25) is 0 Å². The van der Waals surface area contributed by atoms with Gasteiger partial charge in [-0.05, 0) is 44.2 Å². The lowest BCUT2D eigenvalue weighted by Crippen LogP contribution is -2.32. The normalized spacial score (nSPS) is 11.7. The van der Waals surface area contributed by atoms with Crippen molar-refractivity contribution in [3.05, 3.63) is 70.1 Å². The smallest absolute Gasteiger partial charge is 0.387 e. The van der Waals surface area contributed by atoms with Crippen molar-refractivity contribution in [2.75, 3.05) is 12.4 Å². The summed E-state index contributed by atoms with van der Waals surface area (Å²) in [5.41, 5.74) is 0.679. The van der Waals surface area contributed by atoms with Gasteiger partial charge in [-0.1, -0.05) is 18.2 Å². The predicted molar refractivity (Wildman–Crippen MR) is 119 cm³/mol. The Morgan fingerprint density at radius 1 is 1.06 bits per heavy atom. The van der Waals surface area contributed by atoms with Gasteiger partial charge < -0.3 is 19.5 Å². The van der Waals surface area contributed by atoms with E-state index in [1.165, 1.54) is 24.8 Å². The Kier molecular flexibility index (Phi) is 7.34. The fraction of sp³-hybridized carbons (Fsp3) is 0.261. The SMILES string of the molecule is COc1cc(C(=O)OC(C)C(=O)Nc2c(C)n(C)n(-c3ccccc3)c2=O)ccc1OC(F)F. The first-order valence-corrected chi connectivity index (χ1v) is 10.1. The number of methoxy groups -OCH3 is 1. The summed E-state index contributed by atoms with van der Waals surface area (Å²) in [5.74, 6) is -1.97. The van der Waals surface area contributed by atoms with Gasteiger partial charge in [0.15, 0.2) is 17.6 Å². The molecule has 180 valence electrons. The molecule has 1 aromatic heterocycles. The third-order valence-electron chi connectivity index (χ3n) is 5.07. The molecule has 1 unspecified atom stereocenters. The Hall–Kier alpha value is -4.15. The zero-order valence-electron chi connectivity index (χ0n) is 18.9. The van der Waals surface area contributed by atoms with Crippen LogP contribution in [0, 0.1) is 6.92 Å². The topological polar surface area (TPSA) is 101 Å². The lowest BCUT2D eigenvalue weighted by atomic mass is 10.2. The number of carbonyl (C=O) groups is 2. The van der Waals surface area contributed by atoms with Crippen molar-refractivity contribution in [2.45, 2.75) is 26.6 Å². The molecule has 1 amide bonds. The monoisotopic (exact) mass is 475 g/mol. The summed E-state index contributed by atoms with van der Waals surface area (Å²) in [7, 11) is 2.90. The highest BCUT2D eigenvalue weighted by atomic mass is 19.3. The highest BCUT2D eigenvalue weighted by Crippen LogP contribution is 2.29. The van der Waals surface area contributed by atoms with Crippen LogP contribution in [0.25, 0.3) is 5.69 Å². The Bertz CT molecular complexity index is 1250. The molecule has 34 heavy (non-hydrogen) atoms. The maximum Gasteiger partial charge on any atom is 0.387 e. The zero-order valence-corrected chi connectivity index (χ0v) is 18.9. The number of hydrogen-bond donors (Lipinski definition) is 1. The largest absolute Gasteiger partial charge is 0.493 e. The summed E-state index contributed by atoms with van der Waals surface area (Å²) in [5, 5.41) is 2.52. The second-order valence-electron chi connectivity index (χ2n) is 7.22. The number of para-hydroxylation sites is 1. The maximum atomic E-state index is 12.9. The van der Waals surface area contributed by atoms with Gasteiger partial charge in [0.1, 0.15) is 5.69 Å². The van der Waals surface area contributed by atoms with E-state index in [2.05, 4.69) is 10.1 Å². The molecule has 0 aliphatic rings. The van der Waals surface area contributed by atoms with Crippen LogP contribution in [-0.4, -0.2) is 41.1 Å². The van der Waals surface area contributed by atoms with E-state index in [0.717, 1.165) is 12.1 Å². The molecule has 9 nitrogen and oxygen atoms in total. The van der Waals surface area contributed by atoms with Crippen molar-refractivity contribution in [1.82, 2.24) is 9.36 Å². The number of rotatable bonds is 8. The molecule has 1 atom stereocenters. The number of halogens is 2. The molecular weight excluding hydrogens is 452 g/mol. The summed E-state index contributed by atoms with van der Waals surface area (Å²) in [4.78, 5) is 38.1. The van der Waals surface area contributed by atoms with E-state index in [1.54, 1.807) is 42.9 Å². The highest BCUT2D eigenvalue weighted by Gasteiger charge is 2.24. The lowest BCUT2D eigenvalue weighted by molar-refractivity contribution is -0.123. The molecule has 0 bridgehead atoms. The van der Waals surface area contributed by atoms with Crippen molar-refractivity contribution >= 4 is 17.6 Å². The summed E-state index contributed by atoms with van der Waals surface area (Å²) in [6, 6.07) is 12.4. The van der Waals surface area contributed by atoms with Crippen LogP contribution in [0.5, 0.6) is 11.5 Å². The minimum Gasteiger partial charge on any atom is -0.493 e. The quantitative estimate of drug-likeness (QED) is 0.502. The highest BCUT2D eigenvalue weighted by molar-refractivity contribution is 5.97. The molecule has 0 aliphatic carbocycles. The minimum atomic E-state index is -3.07. The Labute approximate surface area is 193 Å².